The van der Waals surface area contributed by atoms with Gasteiger partial charge < -0.3 is 9.72 Å². The fraction of sp³-hybridized carbons (Fsp3) is 0.400. The summed E-state index contributed by atoms with van der Waals surface area (Å²) in [6.07, 6.45) is 0.751. The van der Waals surface area contributed by atoms with E-state index in [1.54, 1.807) is 0 Å². The Balaban J connectivity index is 2.51. The third-order valence-electron chi connectivity index (χ3n) is 3.63. The fourth-order valence-corrected chi connectivity index (χ4v) is 2.38. The van der Waals surface area contributed by atoms with Crippen molar-refractivity contribution in [2.75, 3.05) is 7.11 Å². The van der Waals surface area contributed by atoms with Gasteiger partial charge in [0.25, 0.3) is 0 Å². The van der Waals surface area contributed by atoms with E-state index in [4.69, 9.17) is 4.74 Å². The molecule has 0 bridgehead atoms. The number of hydrogen-bond donors (Lipinski definition) is 1. The van der Waals surface area contributed by atoms with E-state index in [0.29, 0.717) is 0 Å². The van der Waals surface area contributed by atoms with Crippen molar-refractivity contribution in [1.82, 2.24) is 4.98 Å². The first-order chi connectivity index (χ1) is 8.58. The third kappa shape index (κ3) is 2.01. The fourth-order valence-electron chi connectivity index (χ4n) is 2.38. The monoisotopic (exact) mass is 245 g/mol. The maximum Gasteiger partial charge on any atom is 0.313 e. The number of fused-ring (bicyclic) bond motifs is 1. The zero-order valence-electron chi connectivity index (χ0n) is 11.3. The van der Waals surface area contributed by atoms with Gasteiger partial charge in [0.15, 0.2) is 0 Å². The molecule has 1 aromatic carbocycles. The van der Waals surface area contributed by atoms with Crippen molar-refractivity contribution in [3.8, 4) is 0 Å². The van der Waals surface area contributed by atoms with Crippen LogP contribution < -0.4 is 0 Å². The summed E-state index contributed by atoms with van der Waals surface area (Å²) in [6.45, 7) is 6.16. The largest absolute Gasteiger partial charge is 0.469 e. The van der Waals surface area contributed by atoms with Gasteiger partial charge in [0.2, 0.25) is 0 Å². The predicted octanol–water partition coefficient (Wildman–Crippen LogP) is 3.45. The number of carbonyl (C=O) groups is 1. The maximum absolute atomic E-state index is 11.7. The van der Waals surface area contributed by atoms with Crippen molar-refractivity contribution in [3.05, 3.63) is 35.0 Å². The number of methoxy groups -OCH3 is 1. The van der Waals surface area contributed by atoms with Crippen LogP contribution >= 0.6 is 0 Å². The molecule has 0 aliphatic rings. The molecule has 1 heterocycles. The van der Waals surface area contributed by atoms with Crippen molar-refractivity contribution in [2.24, 2.45) is 0 Å². The molecule has 18 heavy (non-hydrogen) atoms. The number of H-pyrrole nitrogens is 1. The van der Waals surface area contributed by atoms with Crippen molar-refractivity contribution in [2.45, 2.75) is 33.1 Å². The normalized spacial score (nSPS) is 12.7. The highest BCUT2D eigenvalue weighted by atomic mass is 16.5. The van der Waals surface area contributed by atoms with E-state index in [1.165, 1.54) is 23.8 Å². The number of nitrogens with one attached hydrogen (secondary N) is 1. The summed E-state index contributed by atoms with van der Waals surface area (Å²) in [5.74, 6) is -0.337. The van der Waals surface area contributed by atoms with E-state index < -0.39 is 0 Å². The summed E-state index contributed by atoms with van der Waals surface area (Å²) in [5, 5.41) is 1.19. The number of esters is 1. The predicted molar refractivity (Wildman–Crippen MR) is 72.8 cm³/mol. The summed E-state index contributed by atoms with van der Waals surface area (Å²) in [6, 6.07) is 6.14. The summed E-state index contributed by atoms with van der Waals surface area (Å²) in [4.78, 5) is 15.1. The molecule has 0 radical (unpaired) electrons. The van der Waals surface area contributed by atoms with Crippen molar-refractivity contribution in [1.29, 1.82) is 0 Å². The van der Waals surface area contributed by atoms with Crippen molar-refractivity contribution >= 4 is 16.9 Å². The SMILES string of the molecule is CCC(C(=O)OC)c1ccc2[nH]c(C)c(C)c2c1. The molecule has 0 aliphatic carbocycles. The van der Waals surface area contributed by atoms with E-state index in [0.717, 1.165) is 17.5 Å². The number of carbonyl (C=O) groups excluding carboxylic acids is 1. The van der Waals surface area contributed by atoms with Gasteiger partial charge in [0.1, 0.15) is 0 Å². The molecule has 2 rings (SSSR count). The molecule has 0 aliphatic heterocycles. The van der Waals surface area contributed by atoms with Crippen molar-refractivity contribution < 1.29 is 9.53 Å². The summed E-state index contributed by atoms with van der Waals surface area (Å²) >= 11 is 0. The van der Waals surface area contributed by atoms with E-state index in [9.17, 15) is 4.79 Å². The molecule has 0 fully saturated rings. The van der Waals surface area contributed by atoms with Crippen LogP contribution in [0.25, 0.3) is 10.9 Å². The Hall–Kier alpha value is -1.77. The van der Waals surface area contributed by atoms with Gasteiger partial charge in [0, 0.05) is 16.6 Å². The smallest absolute Gasteiger partial charge is 0.313 e. The molecule has 1 N–H and O–H groups in total. The number of hydrogen-bond acceptors (Lipinski definition) is 2. The van der Waals surface area contributed by atoms with Gasteiger partial charge in [-0.25, -0.2) is 0 Å². The van der Waals surface area contributed by atoms with Crippen LogP contribution in [0, 0.1) is 13.8 Å². The molecule has 3 heteroatoms. The molecular formula is C15H19NO2. The van der Waals surface area contributed by atoms with E-state index >= 15 is 0 Å². The number of aromatic amines is 1. The molecule has 0 saturated heterocycles. The molecule has 1 aromatic heterocycles. The van der Waals surface area contributed by atoms with Gasteiger partial charge >= 0.3 is 5.97 Å². The van der Waals surface area contributed by atoms with Gasteiger partial charge in [-0.1, -0.05) is 13.0 Å². The first-order valence-electron chi connectivity index (χ1n) is 6.25. The minimum atomic E-state index is -0.172. The number of rotatable bonds is 3. The molecule has 0 saturated carbocycles. The van der Waals surface area contributed by atoms with Gasteiger partial charge in [-0.2, -0.15) is 0 Å². The van der Waals surface area contributed by atoms with Crippen LogP contribution in [-0.2, 0) is 9.53 Å². The number of benzene rings is 1. The van der Waals surface area contributed by atoms with Gasteiger partial charge in [0.05, 0.1) is 13.0 Å². The zero-order valence-corrected chi connectivity index (χ0v) is 11.3. The second-order valence-electron chi connectivity index (χ2n) is 4.66. The number of ether oxygens (including phenoxy) is 1. The lowest BCUT2D eigenvalue weighted by atomic mass is 9.95. The summed E-state index contributed by atoms with van der Waals surface area (Å²) in [5.41, 5.74) is 4.56. The Bertz CT molecular complexity index is 583. The molecule has 1 unspecified atom stereocenters. The maximum atomic E-state index is 11.7. The minimum absolute atomic E-state index is 0.165. The molecular weight excluding hydrogens is 226 g/mol. The number of aromatic nitrogens is 1. The molecule has 2 aromatic rings. The second kappa shape index (κ2) is 4.84. The van der Waals surface area contributed by atoms with E-state index in [-0.39, 0.29) is 11.9 Å². The molecule has 0 amide bonds. The van der Waals surface area contributed by atoms with Crippen LogP contribution in [0.15, 0.2) is 18.2 Å². The third-order valence-corrected chi connectivity index (χ3v) is 3.63. The zero-order chi connectivity index (χ0) is 13.3. The topological polar surface area (TPSA) is 42.1 Å². The summed E-state index contributed by atoms with van der Waals surface area (Å²) < 4.78 is 4.86. The highest BCUT2D eigenvalue weighted by molar-refractivity contribution is 5.87. The van der Waals surface area contributed by atoms with Crippen LogP contribution in [-0.4, -0.2) is 18.1 Å². The lowest BCUT2D eigenvalue weighted by molar-refractivity contribution is -0.142. The van der Waals surface area contributed by atoms with Gasteiger partial charge in [-0.05, 0) is 43.5 Å². The van der Waals surface area contributed by atoms with Crippen LogP contribution in [0.2, 0.25) is 0 Å². The van der Waals surface area contributed by atoms with Gasteiger partial charge in [-0.3, -0.25) is 4.79 Å². The first kappa shape index (κ1) is 12.7. The summed E-state index contributed by atoms with van der Waals surface area (Å²) in [7, 11) is 1.44. The van der Waals surface area contributed by atoms with Crippen LogP contribution in [0.5, 0.6) is 0 Å². The van der Waals surface area contributed by atoms with Crippen LogP contribution in [0.3, 0.4) is 0 Å². The lowest BCUT2D eigenvalue weighted by Crippen LogP contribution is -2.13. The standard InChI is InChI=1S/C15H19NO2/c1-5-12(15(17)18-4)11-6-7-14-13(8-11)9(2)10(3)16-14/h6-8,12,16H,5H2,1-4H3. The molecule has 0 spiro atoms. The Morgan fingerprint density at radius 2 is 2.11 bits per heavy atom. The lowest BCUT2D eigenvalue weighted by Gasteiger charge is -2.12. The quantitative estimate of drug-likeness (QED) is 0.841. The average molecular weight is 245 g/mol. The minimum Gasteiger partial charge on any atom is -0.469 e. The Kier molecular flexibility index (Phi) is 3.41. The van der Waals surface area contributed by atoms with E-state index in [1.807, 2.05) is 19.1 Å². The number of aryl methyl sites for hydroxylation is 2. The molecule has 3 nitrogen and oxygen atoms in total. The second-order valence-corrected chi connectivity index (χ2v) is 4.66. The first-order valence-corrected chi connectivity index (χ1v) is 6.25. The van der Waals surface area contributed by atoms with Crippen molar-refractivity contribution in [3.63, 3.8) is 0 Å². The molecule has 96 valence electrons. The van der Waals surface area contributed by atoms with E-state index in [2.05, 4.69) is 24.9 Å². The Labute approximate surface area is 107 Å². The highest BCUT2D eigenvalue weighted by Crippen LogP contribution is 2.28. The average Bonchev–Trinajstić information content (AvgIpc) is 2.66. The Morgan fingerprint density at radius 1 is 1.39 bits per heavy atom. The van der Waals surface area contributed by atoms with Gasteiger partial charge in [-0.15, -0.1) is 0 Å². The molecule has 1 atom stereocenters. The highest BCUT2D eigenvalue weighted by Gasteiger charge is 2.20. The van der Waals surface area contributed by atoms with Crippen LogP contribution in [0.4, 0.5) is 0 Å². The van der Waals surface area contributed by atoms with Crippen LogP contribution in [0.1, 0.15) is 36.1 Å². The Morgan fingerprint density at radius 3 is 2.72 bits per heavy atom.